The average Bonchev–Trinajstić information content (AvgIpc) is 3.11. The van der Waals surface area contributed by atoms with Gasteiger partial charge in [0.25, 0.3) is 0 Å². The maximum atomic E-state index is 9.23. The molecule has 7 heteroatoms. The van der Waals surface area contributed by atoms with Crippen LogP contribution in [0.3, 0.4) is 0 Å². The number of nitriles is 1. The molecule has 6 nitrogen and oxygen atoms in total. The summed E-state index contributed by atoms with van der Waals surface area (Å²) in [5, 5.41) is 9.88. The summed E-state index contributed by atoms with van der Waals surface area (Å²) in [5.41, 5.74) is 10.3. The summed E-state index contributed by atoms with van der Waals surface area (Å²) in [6, 6.07) is 9.01. The molecule has 1 aromatic carbocycles. The van der Waals surface area contributed by atoms with Crippen LogP contribution in [0.2, 0.25) is 5.02 Å². The maximum absolute atomic E-state index is 9.23. The van der Waals surface area contributed by atoms with Gasteiger partial charge in [-0.2, -0.15) is 10.8 Å². The molecule has 22 heavy (non-hydrogen) atoms. The molecule has 2 fully saturated rings. The van der Waals surface area contributed by atoms with E-state index in [0.717, 1.165) is 29.9 Å². The van der Waals surface area contributed by atoms with Crippen LogP contribution in [0.25, 0.3) is 11.5 Å². The number of hydrogen-bond acceptors (Lipinski definition) is 6. The largest absolute Gasteiger partial charge is 0.441 e. The third-order valence-electron chi connectivity index (χ3n) is 3.92. The van der Waals surface area contributed by atoms with E-state index < -0.39 is 6.04 Å². The van der Waals surface area contributed by atoms with E-state index in [4.69, 9.17) is 16.0 Å². The Bertz CT molecular complexity index is 749. The second-order valence-corrected chi connectivity index (χ2v) is 5.99. The van der Waals surface area contributed by atoms with Gasteiger partial charge in [0.2, 0.25) is 5.89 Å². The number of nitrogens with one attached hydrogen (secondary N) is 3. The van der Waals surface area contributed by atoms with Gasteiger partial charge in [-0.1, -0.05) is 17.7 Å². The predicted octanol–water partition coefficient (Wildman–Crippen LogP) is 2.42. The predicted molar refractivity (Wildman–Crippen MR) is 80.5 cm³/mol. The topological polar surface area (TPSA) is 85.9 Å². The molecule has 112 valence electrons. The Kier molecular flexibility index (Phi) is 3.36. The highest BCUT2D eigenvalue weighted by Gasteiger charge is 2.38. The van der Waals surface area contributed by atoms with Gasteiger partial charge in [-0.15, -0.1) is 0 Å². The number of nitrogens with zero attached hydrogens (tertiary/aromatic N) is 2. The summed E-state index contributed by atoms with van der Waals surface area (Å²) in [7, 11) is 0. The fourth-order valence-corrected chi connectivity index (χ4v) is 2.84. The number of benzene rings is 1. The van der Waals surface area contributed by atoms with E-state index in [1.165, 1.54) is 0 Å². The van der Waals surface area contributed by atoms with Crippen LogP contribution in [0.1, 0.15) is 36.3 Å². The minimum absolute atomic E-state index is 0.239. The van der Waals surface area contributed by atoms with Gasteiger partial charge >= 0.3 is 0 Å². The van der Waals surface area contributed by atoms with Crippen LogP contribution in [0.15, 0.2) is 28.7 Å². The molecule has 2 unspecified atom stereocenters. The van der Waals surface area contributed by atoms with Gasteiger partial charge in [-0.05, 0) is 31.0 Å². The van der Waals surface area contributed by atoms with Crippen molar-refractivity contribution in [3.8, 4) is 17.5 Å². The monoisotopic (exact) mass is 315 g/mol. The van der Waals surface area contributed by atoms with Crippen LogP contribution >= 0.6 is 11.6 Å². The van der Waals surface area contributed by atoms with Crippen LogP contribution < -0.4 is 16.4 Å². The van der Waals surface area contributed by atoms with Gasteiger partial charge in [0, 0.05) is 16.5 Å². The molecule has 1 saturated carbocycles. The quantitative estimate of drug-likeness (QED) is 0.806. The molecule has 0 spiro atoms. The summed E-state index contributed by atoms with van der Waals surface area (Å²) in [4.78, 5) is 4.64. The number of hydrazine groups is 2. The van der Waals surface area contributed by atoms with Crippen LogP contribution in [0, 0.1) is 11.3 Å². The number of aromatic nitrogens is 1. The molecule has 1 aromatic heterocycles. The molecule has 1 aliphatic heterocycles. The standard InChI is InChI=1S/C15H14ClN5O/c16-10-3-1-2-9(6-10)15-18-13(14(22-15)8-4-5-8)12-11(7-17)19-21-20-12/h1-3,6,8,11-12,19-21H,4-5H2. The second-order valence-electron chi connectivity index (χ2n) is 5.55. The van der Waals surface area contributed by atoms with E-state index >= 15 is 0 Å². The van der Waals surface area contributed by atoms with Crippen molar-refractivity contribution in [1.82, 2.24) is 21.4 Å². The van der Waals surface area contributed by atoms with Crippen LogP contribution in [0.4, 0.5) is 0 Å². The Labute approximate surface area is 132 Å². The lowest BCUT2D eigenvalue weighted by atomic mass is 10.0. The third kappa shape index (κ3) is 2.38. The van der Waals surface area contributed by atoms with Crippen molar-refractivity contribution in [3.63, 3.8) is 0 Å². The molecule has 0 radical (unpaired) electrons. The zero-order chi connectivity index (χ0) is 15.1. The highest BCUT2D eigenvalue weighted by Crippen LogP contribution is 2.45. The summed E-state index contributed by atoms with van der Waals surface area (Å²) in [6.07, 6.45) is 2.20. The fourth-order valence-electron chi connectivity index (χ4n) is 2.65. The first-order valence-electron chi connectivity index (χ1n) is 7.18. The van der Waals surface area contributed by atoms with E-state index in [9.17, 15) is 5.26 Å². The van der Waals surface area contributed by atoms with Gasteiger partial charge in [0.1, 0.15) is 17.5 Å². The minimum atomic E-state index is -0.394. The molecule has 2 aromatic rings. The van der Waals surface area contributed by atoms with E-state index in [0.29, 0.717) is 16.8 Å². The number of rotatable bonds is 3. The molecule has 2 heterocycles. The zero-order valence-corrected chi connectivity index (χ0v) is 12.4. The SMILES string of the molecule is N#CC1NNNC1c1nc(-c2cccc(Cl)c2)oc1C1CC1. The Morgan fingerprint density at radius 2 is 2.18 bits per heavy atom. The smallest absolute Gasteiger partial charge is 0.226 e. The molecule has 0 amide bonds. The Hall–Kier alpha value is -1.91. The summed E-state index contributed by atoms with van der Waals surface area (Å²) < 4.78 is 6.01. The first-order valence-corrected chi connectivity index (χ1v) is 7.56. The Morgan fingerprint density at radius 1 is 1.32 bits per heavy atom. The lowest BCUT2D eigenvalue weighted by Gasteiger charge is -2.09. The summed E-state index contributed by atoms with van der Waals surface area (Å²) in [6.45, 7) is 0. The van der Waals surface area contributed by atoms with Crippen LogP contribution in [-0.2, 0) is 0 Å². The van der Waals surface area contributed by atoms with Crippen LogP contribution in [0.5, 0.6) is 0 Å². The molecular formula is C15H14ClN5O. The van der Waals surface area contributed by atoms with Gasteiger partial charge in [0.05, 0.1) is 12.1 Å². The van der Waals surface area contributed by atoms with E-state index in [-0.39, 0.29) is 6.04 Å². The molecule has 2 atom stereocenters. The molecular weight excluding hydrogens is 302 g/mol. The molecule has 4 rings (SSSR count). The highest BCUT2D eigenvalue weighted by molar-refractivity contribution is 6.30. The van der Waals surface area contributed by atoms with Gasteiger partial charge in [-0.3, -0.25) is 0 Å². The van der Waals surface area contributed by atoms with Crippen molar-refractivity contribution in [2.24, 2.45) is 0 Å². The molecule has 3 N–H and O–H groups in total. The van der Waals surface area contributed by atoms with Crippen LogP contribution in [-0.4, -0.2) is 11.0 Å². The molecule has 2 aliphatic rings. The highest BCUT2D eigenvalue weighted by atomic mass is 35.5. The third-order valence-corrected chi connectivity index (χ3v) is 4.16. The fraction of sp³-hybridized carbons (Fsp3) is 0.333. The van der Waals surface area contributed by atoms with Crippen molar-refractivity contribution < 1.29 is 4.42 Å². The Balaban J connectivity index is 1.76. The summed E-state index contributed by atoms with van der Waals surface area (Å²) in [5.74, 6) is 1.82. The van der Waals surface area contributed by atoms with Crippen molar-refractivity contribution >= 4 is 11.6 Å². The first-order chi connectivity index (χ1) is 10.8. The normalized spacial score (nSPS) is 24.4. The lowest BCUT2D eigenvalue weighted by Crippen LogP contribution is -2.32. The first kappa shape index (κ1) is 13.7. The zero-order valence-electron chi connectivity index (χ0n) is 11.6. The number of hydrogen-bond donors (Lipinski definition) is 3. The molecule has 1 aliphatic carbocycles. The molecule has 0 bridgehead atoms. The Morgan fingerprint density at radius 3 is 2.91 bits per heavy atom. The second kappa shape index (κ2) is 5.38. The van der Waals surface area contributed by atoms with Crippen molar-refractivity contribution in [2.45, 2.75) is 30.8 Å². The van der Waals surface area contributed by atoms with Crippen molar-refractivity contribution in [2.75, 3.05) is 0 Å². The number of oxazole rings is 1. The van der Waals surface area contributed by atoms with Gasteiger partial charge in [0.15, 0.2) is 0 Å². The number of halogens is 1. The maximum Gasteiger partial charge on any atom is 0.226 e. The van der Waals surface area contributed by atoms with E-state index in [1.807, 2.05) is 24.3 Å². The minimum Gasteiger partial charge on any atom is -0.441 e. The lowest BCUT2D eigenvalue weighted by molar-refractivity contribution is 0.499. The summed E-state index contributed by atoms with van der Waals surface area (Å²) >= 11 is 6.04. The van der Waals surface area contributed by atoms with Crippen molar-refractivity contribution in [3.05, 3.63) is 40.7 Å². The van der Waals surface area contributed by atoms with E-state index in [2.05, 4.69) is 27.4 Å². The average molecular weight is 316 g/mol. The van der Waals surface area contributed by atoms with Crippen molar-refractivity contribution in [1.29, 1.82) is 5.26 Å². The molecule has 1 saturated heterocycles. The van der Waals surface area contributed by atoms with Gasteiger partial charge < -0.3 is 4.42 Å². The van der Waals surface area contributed by atoms with E-state index in [1.54, 1.807) is 0 Å². The van der Waals surface area contributed by atoms with Gasteiger partial charge in [-0.25, -0.2) is 15.8 Å².